The van der Waals surface area contributed by atoms with Crippen LogP contribution in [-0.4, -0.2) is 35.1 Å². The number of benzene rings is 3. The molecule has 4 nitrogen and oxygen atoms in total. The molecule has 0 fully saturated rings. The van der Waals surface area contributed by atoms with Crippen LogP contribution in [0, 0.1) is 0 Å². The predicted molar refractivity (Wildman–Crippen MR) is 155 cm³/mol. The second-order valence-electron chi connectivity index (χ2n) is 8.87. The number of nitrogens with one attached hydrogen (secondary N) is 1. The summed E-state index contributed by atoms with van der Waals surface area (Å²) in [6.07, 6.45) is 3.36. The fourth-order valence-electron chi connectivity index (χ4n) is 3.96. The molecule has 2 amide bonds. The molecule has 3 aromatic rings. The van der Waals surface area contributed by atoms with Crippen LogP contribution in [0.25, 0.3) is 0 Å². The Kier molecular flexibility index (Phi) is 12.3. The normalized spacial score (nSPS) is 11.6. The number of carbonyl (C=O) groups is 2. The van der Waals surface area contributed by atoms with Crippen LogP contribution in [0.1, 0.15) is 43.7 Å². The summed E-state index contributed by atoms with van der Waals surface area (Å²) in [7, 11) is 0. The molecule has 0 saturated carbocycles. The number of halogens is 2. The van der Waals surface area contributed by atoms with Gasteiger partial charge >= 0.3 is 0 Å². The monoisotopic (exact) mass is 556 g/mol. The van der Waals surface area contributed by atoms with Gasteiger partial charge in [-0.1, -0.05) is 85.1 Å². The quantitative estimate of drug-likeness (QED) is 0.166. The summed E-state index contributed by atoms with van der Waals surface area (Å²) in [6, 6.07) is 24.4. The minimum atomic E-state index is -0.632. The Morgan fingerprint density at radius 1 is 0.919 bits per heavy atom. The summed E-state index contributed by atoms with van der Waals surface area (Å²) >= 11 is 14.1. The molecule has 0 heterocycles. The Labute approximate surface area is 234 Å². The van der Waals surface area contributed by atoms with E-state index in [4.69, 9.17) is 23.2 Å². The third-order valence-corrected chi connectivity index (χ3v) is 7.74. The number of carbonyl (C=O) groups excluding carboxylic acids is 2. The Morgan fingerprint density at radius 2 is 1.62 bits per heavy atom. The summed E-state index contributed by atoms with van der Waals surface area (Å²) in [5.74, 6) is 0.607. The Morgan fingerprint density at radius 3 is 2.32 bits per heavy atom. The number of nitrogens with zero attached hydrogens (tertiary/aromatic N) is 1. The van der Waals surface area contributed by atoms with E-state index >= 15 is 0 Å². The van der Waals surface area contributed by atoms with Gasteiger partial charge in [-0.15, -0.1) is 11.8 Å². The summed E-state index contributed by atoms with van der Waals surface area (Å²) in [5.41, 5.74) is 1.83. The minimum absolute atomic E-state index is 0.0526. The third-order valence-electron chi connectivity index (χ3n) is 6.02. The topological polar surface area (TPSA) is 49.4 Å². The lowest BCUT2D eigenvalue weighted by Crippen LogP contribution is -2.50. The number of rotatable bonds is 14. The largest absolute Gasteiger partial charge is 0.354 e. The zero-order valence-corrected chi connectivity index (χ0v) is 23.5. The zero-order chi connectivity index (χ0) is 26.5. The van der Waals surface area contributed by atoms with E-state index in [-0.39, 0.29) is 18.4 Å². The molecule has 0 radical (unpaired) electrons. The zero-order valence-electron chi connectivity index (χ0n) is 21.2. The van der Waals surface area contributed by atoms with Gasteiger partial charge in [0, 0.05) is 40.9 Å². The van der Waals surface area contributed by atoms with Gasteiger partial charge in [0.15, 0.2) is 0 Å². The van der Waals surface area contributed by atoms with Gasteiger partial charge < -0.3 is 10.2 Å². The van der Waals surface area contributed by atoms with Gasteiger partial charge in [0.05, 0.1) is 0 Å². The molecule has 7 heteroatoms. The minimum Gasteiger partial charge on any atom is -0.354 e. The molecule has 1 unspecified atom stereocenters. The first-order valence-corrected chi connectivity index (χ1v) is 14.4. The van der Waals surface area contributed by atoms with E-state index in [1.54, 1.807) is 16.7 Å². The molecule has 0 aliphatic heterocycles. The predicted octanol–water partition coefficient (Wildman–Crippen LogP) is 7.42. The molecular weight excluding hydrogens is 523 g/mol. The molecule has 1 atom stereocenters. The first-order chi connectivity index (χ1) is 18.0. The summed E-state index contributed by atoms with van der Waals surface area (Å²) in [6.45, 7) is 2.96. The van der Waals surface area contributed by atoms with Crippen LogP contribution in [-0.2, 0) is 22.6 Å². The van der Waals surface area contributed by atoms with E-state index in [2.05, 4.69) is 12.2 Å². The Hall–Kier alpha value is -2.47. The number of thioether (sulfide) groups is 1. The van der Waals surface area contributed by atoms with Gasteiger partial charge in [0.1, 0.15) is 6.04 Å². The van der Waals surface area contributed by atoms with Crippen molar-refractivity contribution in [3.05, 3.63) is 100 Å². The molecule has 0 spiro atoms. The van der Waals surface area contributed by atoms with Gasteiger partial charge in [-0.25, -0.2) is 0 Å². The van der Waals surface area contributed by atoms with E-state index in [1.807, 2.05) is 78.9 Å². The lowest BCUT2D eigenvalue weighted by Gasteiger charge is -2.32. The highest BCUT2D eigenvalue weighted by atomic mass is 35.5. The SMILES string of the molecule is CCCCNC(=O)C(Cc1ccccc1)N(Cc1ccccc1Cl)C(=O)CCCSc1ccc(Cl)cc1. The van der Waals surface area contributed by atoms with Crippen LogP contribution in [0.5, 0.6) is 0 Å². The van der Waals surface area contributed by atoms with Crippen LogP contribution >= 0.6 is 35.0 Å². The first kappa shape index (κ1) is 29.1. The molecule has 0 bridgehead atoms. The van der Waals surface area contributed by atoms with Crippen molar-refractivity contribution in [3.8, 4) is 0 Å². The molecule has 1 N–H and O–H groups in total. The molecule has 3 rings (SSSR count). The van der Waals surface area contributed by atoms with E-state index in [0.717, 1.165) is 34.6 Å². The third kappa shape index (κ3) is 9.73. The standard InChI is InChI=1S/C30H34Cl2N2O2S/c1-2-3-19-33-30(36)28(21-23-10-5-4-6-11-23)34(22-24-12-7-8-13-27(24)32)29(35)14-9-20-37-26-17-15-25(31)16-18-26/h4-8,10-13,15-18,28H,2-3,9,14,19-22H2,1H3,(H,33,36). The summed E-state index contributed by atoms with van der Waals surface area (Å²) in [5, 5.41) is 4.34. The van der Waals surface area contributed by atoms with Crippen LogP contribution in [0.3, 0.4) is 0 Å². The Bertz CT molecular complexity index is 1130. The van der Waals surface area contributed by atoms with Crippen molar-refractivity contribution in [2.45, 2.75) is 56.5 Å². The summed E-state index contributed by atoms with van der Waals surface area (Å²) in [4.78, 5) is 29.9. The van der Waals surface area contributed by atoms with Gasteiger partial charge in [-0.3, -0.25) is 9.59 Å². The van der Waals surface area contributed by atoms with Crippen molar-refractivity contribution in [2.75, 3.05) is 12.3 Å². The highest BCUT2D eigenvalue weighted by Crippen LogP contribution is 2.24. The van der Waals surface area contributed by atoms with Gasteiger partial charge in [0.25, 0.3) is 0 Å². The van der Waals surface area contributed by atoms with Crippen molar-refractivity contribution < 1.29 is 9.59 Å². The van der Waals surface area contributed by atoms with Crippen molar-refractivity contribution in [1.29, 1.82) is 0 Å². The van der Waals surface area contributed by atoms with Crippen LogP contribution in [0.15, 0.2) is 83.8 Å². The van der Waals surface area contributed by atoms with Crippen LogP contribution < -0.4 is 5.32 Å². The molecule has 0 aromatic heterocycles. The van der Waals surface area contributed by atoms with Gasteiger partial charge in [-0.2, -0.15) is 0 Å². The second kappa shape index (κ2) is 15.7. The molecule has 0 saturated heterocycles. The highest BCUT2D eigenvalue weighted by molar-refractivity contribution is 7.99. The first-order valence-electron chi connectivity index (χ1n) is 12.7. The molecule has 3 aromatic carbocycles. The second-order valence-corrected chi connectivity index (χ2v) is 10.9. The molecular formula is C30H34Cl2N2O2S. The number of hydrogen-bond acceptors (Lipinski definition) is 3. The van der Waals surface area contributed by atoms with Crippen molar-refractivity contribution in [1.82, 2.24) is 10.2 Å². The maximum absolute atomic E-state index is 13.7. The van der Waals surface area contributed by atoms with E-state index in [1.165, 1.54) is 0 Å². The average molecular weight is 558 g/mol. The van der Waals surface area contributed by atoms with Gasteiger partial charge in [-0.05, 0) is 60.1 Å². The maximum Gasteiger partial charge on any atom is 0.243 e. The number of unbranched alkanes of at least 4 members (excludes halogenated alkanes) is 1. The smallest absolute Gasteiger partial charge is 0.243 e. The number of amides is 2. The van der Waals surface area contributed by atoms with Crippen molar-refractivity contribution >= 4 is 46.8 Å². The molecule has 37 heavy (non-hydrogen) atoms. The van der Waals surface area contributed by atoms with Crippen molar-refractivity contribution in [2.24, 2.45) is 0 Å². The lowest BCUT2D eigenvalue weighted by atomic mass is 10.0. The molecule has 196 valence electrons. The van der Waals surface area contributed by atoms with E-state index in [0.29, 0.717) is 35.9 Å². The summed E-state index contributed by atoms with van der Waals surface area (Å²) < 4.78 is 0. The van der Waals surface area contributed by atoms with Crippen LogP contribution in [0.4, 0.5) is 0 Å². The van der Waals surface area contributed by atoms with Gasteiger partial charge in [0.2, 0.25) is 11.8 Å². The number of hydrogen-bond donors (Lipinski definition) is 1. The maximum atomic E-state index is 13.7. The fraction of sp³-hybridized carbons (Fsp3) is 0.333. The van der Waals surface area contributed by atoms with Crippen molar-refractivity contribution in [3.63, 3.8) is 0 Å². The van der Waals surface area contributed by atoms with Crippen LogP contribution in [0.2, 0.25) is 10.0 Å². The lowest BCUT2D eigenvalue weighted by molar-refractivity contribution is -0.141. The fourth-order valence-corrected chi connectivity index (χ4v) is 5.13. The average Bonchev–Trinajstić information content (AvgIpc) is 2.91. The van der Waals surface area contributed by atoms with E-state index < -0.39 is 6.04 Å². The Balaban J connectivity index is 1.78. The molecule has 0 aliphatic carbocycles. The van der Waals surface area contributed by atoms with E-state index in [9.17, 15) is 9.59 Å². The highest BCUT2D eigenvalue weighted by Gasteiger charge is 2.30. The molecule has 0 aliphatic rings.